The van der Waals surface area contributed by atoms with Crippen LogP contribution in [0, 0.1) is 0 Å². The molecule has 3 heterocycles. The molecular weight excluding hydrogens is 316 g/mol. The van der Waals surface area contributed by atoms with Gasteiger partial charge in [0.05, 0.1) is 24.4 Å². The van der Waals surface area contributed by atoms with Crippen molar-refractivity contribution in [3.05, 3.63) is 35.0 Å². The quantitative estimate of drug-likeness (QED) is 0.733. The fourth-order valence-corrected chi connectivity index (χ4v) is 3.21. The maximum atomic E-state index is 11.5. The highest BCUT2D eigenvalue weighted by Gasteiger charge is 2.21. The summed E-state index contributed by atoms with van der Waals surface area (Å²) in [5.74, 6) is 1.39. The van der Waals surface area contributed by atoms with E-state index in [1.54, 1.807) is 0 Å². The van der Waals surface area contributed by atoms with Crippen molar-refractivity contribution in [2.45, 2.75) is 11.6 Å². The molecule has 0 atom stereocenters. The molecule has 1 amide bonds. The van der Waals surface area contributed by atoms with Crippen molar-refractivity contribution in [1.29, 1.82) is 0 Å². The van der Waals surface area contributed by atoms with E-state index in [0.29, 0.717) is 11.4 Å². The zero-order valence-corrected chi connectivity index (χ0v) is 13.0. The van der Waals surface area contributed by atoms with Crippen molar-refractivity contribution in [3.8, 4) is 5.75 Å². The lowest BCUT2D eigenvalue weighted by Gasteiger charge is -2.22. The Morgan fingerprint density at radius 1 is 1.39 bits per heavy atom. The number of ether oxygens (including phenoxy) is 1. The lowest BCUT2D eigenvalue weighted by atomic mass is 10.1. The number of benzene rings is 1. The number of anilines is 1. The van der Waals surface area contributed by atoms with Crippen molar-refractivity contribution < 1.29 is 15.3 Å². The number of nitrogens with zero attached hydrogens (tertiary/aromatic N) is 3. The molecule has 2 aromatic rings. The lowest BCUT2D eigenvalue weighted by Crippen LogP contribution is -2.51. The highest BCUT2D eigenvalue weighted by molar-refractivity contribution is 8.02. The van der Waals surface area contributed by atoms with E-state index in [-0.39, 0.29) is 12.5 Å². The Labute approximate surface area is 136 Å². The molecule has 0 fully saturated rings. The minimum absolute atomic E-state index is 0.0572. The summed E-state index contributed by atoms with van der Waals surface area (Å²) >= 11 is 1.50. The number of hydrogen-bond donors (Lipinski definition) is 3. The van der Waals surface area contributed by atoms with Crippen molar-refractivity contribution in [1.82, 2.24) is 14.9 Å². The summed E-state index contributed by atoms with van der Waals surface area (Å²) in [6.45, 7) is 0.813. The molecule has 0 aliphatic carbocycles. The van der Waals surface area contributed by atoms with Crippen molar-refractivity contribution >= 4 is 29.1 Å². The summed E-state index contributed by atoms with van der Waals surface area (Å²) in [5.41, 5.74) is 9.71. The predicted molar refractivity (Wildman–Crippen MR) is 85.2 cm³/mol. The zero-order valence-electron chi connectivity index (χ0n) is 12.2. The average molecular weight is 331 g/mol. The van der Waals surface area contributed by atoms with Gasteiger partial charge in [0.2, 0.25) is 5.16 Å². The molecule has 118 valence electrons. The lowest BCUT2D eigenvalue weighted by molar-refractivity contribution is -0.366. The van der Waals surface area contributed by atoms with Gasteiger partial charge in [-0.15, -0.1) is 10.2 Å². The molecule has 1 aromatic carbocycles. The molecule has 8 nitrogen and oxygen atoms in total. The number of fused-ring (bicyclic) bond motifs is 2. The SMILES string of the molecule is [NH3+]CCc1nnc2n1NC(c1ccc3c(c1)NC(=O)CO3)=CS2. The highest BCUT2D eigenvalue weighted by Crippen LogP contribution is 2.33. The van der Waals surface area contributed by atoms with Crippen LogP contribution in [0.1, 0.15) is 11.4 Å². The third kappa shape index (κ3) is 2.53. The molecular formula is C14H15N6O2S+. The second-order valence-electron chi connectivity index (χ2n) is 5.15. The fourth-order valence-electron chi connectivity index (χ4n) is 2.45. The number of carbonyl (C=O) groups excluding carboxylic acids is 1. The largest absolute Gasteiger partial charge is 0.482 e. The summed E-state index contributed by atoms with van der Waals surface area (Å²) in [5, 5.41) is 13.9. The maximum absolute atomic E-state index is 11.5. The summed E-state index contributed by atoms with van der Waals surface area (Å²) in [6, 6.07) is 5.70. The van der Waals surface area contributed by atoms with Crippen LogP contribution in [0.5, 0.6) is 5.75 Å². The number of quaternary nitrogens is 1. The van der Waals surface area contributed by atoms with Crippen LogP contribution in [0.4, 0.5) is 5.69 Å². The third-order valence-corrected chi connectivity index (χ3v) is 4.37. The van der Waals surface area contributed by atoms with E-state index in [0.717, 1.165) is 35.2 Å². The van der Waals surface area contributed by atoms with Gasteiger partial charge in [0.25, 0.3) is 5.91 Å². The zero-order chi connectivity index (χ0) is 15.8. The highest BCUT2D eigenvalue weighted by atomic mass is 32.2. The first-order valence-corrected chi connectivity index (χ1v) is 8.07. The van der Waals surface area contributed by atoms with Crippen LogP contribution in [0.25, 0.3) is 5.70 Å². The van der Waals surface area contributed by atoms with Gasteiger partial charge < -0.3 is 15.8 Å². The minimum atomic E-state index is -0.145. The van der Waals surface area contributed by atoms with Crippen LogP contribution in [0.3, 0.4) is 0 Å². The molecule has 0 saturated carbocycles. The monoisotopic (exact) mass is 331 g/mol. The van der Waals surface area contributed by atoms with Crippen molar-refractivity contribution in [3.63, 3.8) is 0 Å². The summed E-state index contributed by atoms with van der Waals surface area (Å²) in [4.78, 5) is 11.5. The van der Waals surface area contributed by atoms with E-state index >= 15 is 0 Å². The molecule has 0 unspecified atom stereocenters. The van der Waals surface area contributed by atoms with E-state index in [2.05, 4.69) is 26.7 Å². The first-order chi connectivity index (χ1) is 11.2. The van der Waals surface area contributed by atoms with Gasteiger partial charge in [-0.2, -0.15) is 0 Å². The van der Waals surface area contributed by atoms with Crippen LogP contribution in [0.2, 0.25) is 0 Å². The van der Waals surface area contributed by atoms with E-state index in [1.165, 1.54) is 11.8 Å². The Bertz CT molecular complexity index is 816. The Morgan fingerprint density at radius 2 is 2.30 bits per heavy atom. The minimum Gasteiger partial charge on any atom is -0.482 e. The molecule has 9 heteroatoms. The van der Waals surface area contributed by atoms with Gasteiger partial charge in [-0.1, -0.05) is 11.8 Å². The molecule has 5 N–H and O–H groups in total. The second-order valence-corrected chi connectivity index (χ2v) is 5.98. The van der Waals surface area contributed by atoms with Gasteiger partial charge in [0.15, 0.2) is 12.4 Å². The average Bonchev–Trinajstić information content (AvgIpc) is 2.97. The number of rotatable bonds is 3. The summed E-state index contributed by atoms with van der Waals surface area (Å²) in [6.07, 6.45) is 0.752. The summed E-state index contributed by atoms with van der Waals surface area (Å²) in [7, 11) is 0. The smallest absolute Gasteiger partial charge is 0.262 e. The maximum Gasteiger partial charge on any atom is 0.262 e. The van der Waals surface area contributed by atoms with Crippen LogP contribution in [0.15, 0.2) is 28.8 Å². The van der Waals surface area contributed by atoms with Gasteiger partial charge in [0, 0.05) is 11.0 Å². The second kappa shape index (κ2) is 5.60. The molecule has 4 rings (SSSR count). The molecule has 0 radical (unpaired) electrons. The van der Waals surface area contributed by atoms with Gasteiger partial charge in [-0.05, 0) is 18.2 Å². The van der Waals surface area contributed by atoms with Gasteiger partial charge in [-0.25, -0.2) is 4.68 Å². The van der Waals surface area contributed by atoms with Gasteiger partial charge in [-0.3, -0.25) is 10.2 Å². The van der Waals surface area contributed by atoms with Crippen LogP contribution in [-0.4, -0.2) is 33.9 Å². The van der Waals surface area contributed by atoms with Crippen LogP contribution >= 0.6 is 11.8 Å². The molecule has 2 aliphatic rings. The first-order valence-electron chi connectivity index (χ1n) is 7.19. The molecule has 1 aromatic heterocycles. The molecule has 2 aliphatic heterocycles. The van der Waals surface area contributed by atoms with Crippen molar-refractivity contribution in [2.24, 2.45) is 0 Å². The van der Waals surface area contributed by atoms with E-state index in [1.807, 2.05) is 28.3 Å². The predicted octanol–water partition coefficient (Wildman–Crippen LogP) is 0.0412. The van der Waals surface area contributed by atoms with E-state index < -0.39 is 0 Å². The van der Waals surface area contributed by atoms with Crippen LogP contribution in [-0.2, 0) is 11.2 Å². The molecule has 0 saturated heterocycles. The standard InChI is InChI=1S/C14H14N6O2S/c15-4-3-12-17-18-14-20(12)19-10(7-23-14)8-1-2-11-9(5-8)16-13(21)6-22-11/h1-2,5,7,19H,3-4,6,15H2,(H,16,21)/p+1. The molecule has 0 spiro atoms. The van der Waals surface area contributed by atoms with E-state index in [9.17, 15) is 4.79 Å². The van der Waals surface area contributed by atoms with Gasteiger partial charge in [0.1, 0.15) is 5.75 Å². The number of nitrogens with one attached hydrogen (secondary N) is 2. The Kier molecular flexibility index (Phi) is 3.43. The summed E-state index contributed by atoms with van der Waals surface area (Å²) < 4.78 is 7.26. The molecule has 0 bridgehead atoms. The Balaban J connectivity index is 1.64. The van der Waals surface area contributed by atoms with Crippen LogP contribution < -0.4 is 21.2 Å². The fraction of sp³-hybridized carbons (Fsp3) is 0.214. The first kappa shape index (κ1) is 14.1. The number of amides is 1. The van der Waals surface area contributed by atoms with E-state index in [4.69, 9.17) is 4.74 Å². The third-order valence-electron chi connectivity index (χ3n) is 3.54. The topological polar surface area (TPSA) is 109 Å². The Morgan fingerprint density at radius 3 is 3.17 bits per heavy atom. The number of thioether (sulfide) groups is 1. The molecule has 23 heavy (non-hydrogen) atoms. The Hall–Kier alpha value is -2.52. The number of carbonyl (C=O) groups is 1. The number of aromatic nitrogens is 3. The normalized spacial score (nSPS) is 15.7. The van der Waals surface area contributed by atoms with Crippen molar-refractivity contribution in [2.75, 3.05) is 23.9 Å². The van der Waals surface area contributed by atoms with Gasteiger partial charge >= 0.3 is 0 Å². The number of hydrogen-bond acceptors (Lipinski definition) is 6.